The Bertz CT molecular complexity index is 492. The average molecular weight is 274 g/mol. The van der Waals surface area contributed by atoms with E-state index in [1.807, 2.05) is 45.0 Å². The topological polar surface area (TPSA) is 40.6 Å². The molecule has 20 heavy (non-hydrogen) atoms. The third-order valence-corrected chi connectivity index (χ3v) is 3.88. The number of benzene rings is 1. The zero-order valence-electron chi connectivity index (χ0n) is 12.4. The highest BCUT2D eigenvalue weighted by Crippen LogP contribution is 2.28. The molecule has 0 N–H and O–H groups in total. The molecule has 1 aliphatic heterocycles. The Labute approximate surface area is 120 Å². The smallest absolute Gasteiger partial charge is 0.245 e. The lowest BCUT2D eigenvalue weighted by molar-refractivity contribution is -0.132. The Kier molecular flexibility index (Phi) is 4.42. The third-order valence-electron chi connectivity index (χ3n) is 3.88. The van der Waals surface area contributed by atoms with E-state index >= 15 is 0 Å². The second kappa shape index (κ2) is 6.07. The van der Waals surface area contributed by atoms with Crippen molar-refractivity contribution < 1.29 is 9.59 Å². The number of anilines is 1. The van der Waals surface area contributed by atoms with E-state index in [4.69, 9.17) is 0 Å². The molecule has 1 aliphatic rings. The Morgan fingerprint density at radius 1 is 1.25 bits per heavy atom. The summed E-state index contributed by atoms with van der Waals surface area (Å²) >= 11 is 0. The highest BCUT2D eigenvalue weighted by Gasteiger charge is 2.38. The van der Waals surface area contributed by atoms with Gasteiger partial charge in [0.25, 0.3) is 0 Å². The Balaban J connectivity index is 2.27. The fraction of sp³-hybridized carbons (Fsp3) is 0.500. The van der Waals surface area contributed by atoms with Gasteiger partial charge in [0.1, 0.15) is 6.04 Å². The highest BCUT2D eigenvalue weighted by molar-refractivity contribution is 6.03. The maximum Gasteiger partial charge on any atom is 0.245 e. The second-order valence-corrected chi connectivity index (χ2v) is 5.16. The van der Waals surface area contributed by atoms with Crippen molar-refractivity contribution in [2.24, 2.45) is 0 Å². The predicted molar refractivity (Wildman–Crippen MR) is 79.6 cm³/mol. The van der Waals surface area contributed by atoms with Gasteiger partial charge in [-0.25, -0.2) is 0 Å². The molecule has 1 fully saturated rings. The molecule has 1 aromatic carbocycles. The van der Waals surface area contributed by atoms with Gasteiger partial charge in [0.05, 0.1) is 0 Å². The molecular formula is C16H22N2O2. The van der Waals surface area contributed by atoms with Crippen molar-refractivity contribution in [2.75, 3.05) is 18.0 Å². The number of likely N-dealkylation sites (N-methyl/N-ethyl adjacent to an activating group) is 1. The lowest BCUT2D eigenvalue weighted by atomic mass is 10.1. The first-order valence-electron chi connectivity index (χ1n) is 7.26. The number of rotatable bonds is 4. The van der Waals surface area contributed by atoms with Crippen LogP contribution >= 0.6 is 0 Å². The number of amides is 2. The maximum atomic E-state index is 12.5. The molecule has 1 atom stereocenters. The van der Waals surface area contributed by atoms with E-state index in [0.29, 0.717) is 25.9 Å². The summed E-state index contributed by atoms with van der Waals surface area (Å²) in [5.41, 5.74) is 1.97. The highest BCUT2D eigenvalue weighted by atomic mass is 16.2. The maximum absolute atomic E-state index is 12.5. The minimum Gasteiger partial charge on any atom is -0.341 e. The predicted octanol–water partition coefficient (Wildman–Crippen LogP) is 2.36. The summed E-state index contributed by atoms with van der Waals surface area (Å²) < 4.78 is 0. The number of hydrogen-bond donors (Lipinski definition) is 0. The van der Waals surface area contributed by atoms with Gasteiger partial charge in [0, 0.05) is 25.2 Å². The van der Waals surface area contributed by atoms with Gasteiger partial charge in [0.15, 0.2) is 0 Å². The fourth-order valence-electron chi connectivity index (χ4n) is 2.69. The summed E-state index contributed by atoms with van der Waals surface area (Å²) in [5.74, 6) is 0.0979. The molecule has 4 heteroatoms. The summed E-state index contributed by atoms with van der Waals surface area (Å²) in [7, 11) is 0. The van der Waals surface area contributed by atoms with Gasteiger partial charge in [0.2, 0.25) is 11.8 Å². The standard InChI is InChI=1S/C16H22N2O2/c1-4-17(5-2)16(20)14-10-11-15(19)18(14)13-8-6-12(3)7-9-13/h6-9,14H,4-5,10-11H2,1-3H3. The summed E-state index contributed by atoms with van der Waals surface area (Å²) in [6.07, 6.45) is 1.06. The van der Waals surface area contributed by atoms with Crippen LogP contribution in [-0.2, 0) is 9.59 Å². The SMILES string of the molecule is CCN(CC)C(=O)C1CCC(=O)N1c1ccc(C)cc1. The summed E-state index contributed by atoms with van der Waals surface area (Å²) in [6.45, 7) is 7.31. The molecule has 0 aromatic heterocycles. The van der Waals surface area contributed by atoms with Gasteiger partial charge < -0.3 is 4.90 Å². The fourth-order valence-corrected chi connectivity index (χ4v) is 2.69. The van der Waals surface area contributed by atoms with Crippen molar-refractivity contribution in [2.45, 2.75) is 39.7 Å². The molecule has 1 saturated heterocycles. The van der Waals surface area contributed by atoms with Crippen LogP contribution in [0.3, 0.4) is 0 Å². The Morgan fingerprint density at radius 3 is 2.40 bits per heavy atom. The molecular weight excluding hydrogens is 252 g/mol. The lowest BCUT2D eigenvalue weighted by Gasteiger charge is -2.29. The van der Waals surface area contributed by atoms with Crippen LogP contribution in [0.25, 0.3) is 0 Å². The molecule has 2 rings (SSSR count). The lowest BCUT2D eigenvalue weighted by Crippen LogP contribution is -2.46. The van der Waals surface area contributed by atoms with E-state index in [1.165, 1.54) is 0 Å². The van der Waals surface area contributed by atoms with Crippen LogP contribution in [0.4, 0.5) is 5.69 Å². The first-order chi connectivity index (χ1) is 9.58. The summed E-state index contributed by atoms with van der Waals surface area (Å²) in [5, 5.41) is 0. The van der Waals surface area contributed by atoms with E-state index in [2.05, 4.69) is 0 Å². The number of hydrogen-bond acceptors (Lipinski definition) is 2. The molecule has 0 bridgehead atoms. The normalized spacial score (nSPS) is 18.4. The molecule has 0 radical (unpaired) electrons. The molecule has 1 heterocycles. The summed E-state index contributed by atoms with van der Waals surface area (Å²) in [4.78, 5) is 28.1. The molecule has 0 aliphatic carbocycles. The average Bonchev–Trinajstić information content (AvgIpc) is 2.83. The van der Waals surface area contributed by atoms with Crippen LogP contribution in [0, 0.1) is 6.92 Å². The molecule has 0 spiro atoms. The quantitative estimate of drug-likeness (QED) is 0.845. The number of nitrogens with zero attached hydrogens (tertiary/aromatic N) is 2. The molecule has 1 aromatic rings. The third kappa shape index (κ3) is 2.69. The minimum atomic E-state index is -0.342. The number of carbonyl (C=O) groups excluding carboxylic acids is 2. The molecule has 4 nitrogen and oxygen atoms in total. The number of carbonyl (C=O) groups is 2. The van der Waals surface area contributed by atoms with Gasteiger partial charge in [-0.1, -0.05) is 17.7 Å². The Hall–Kier alpha value is -1.84. The molecule has 1 unspecified atom stereocenters. The van der Waals surface area contributed by atoms with Gasteiger partial charge in [-0.3, -0.25) is 14.5 Å². The van der Waals surface area contributed by atoms with Crippen LogP contribution in [0.15, 0.2) is 24.3 Å². The van der Waals surface area contributed by atoms with E-state index in [9.17, 15) is 9.59 Å². The minimum absolute atomic E-state index is 0.0411. The van der Waals surface area contributed by atoms with Crippen LogP contribution in [0.2, 0.25) is 0 Å². The Morgan fingerprint density at radius 2 is 1.85 bits per heavy atom. The van der Waals surface area contributed by atoms with Crippen molar-refractivity contribution in [3.63, 3.8) is 0 Å². The first-order valence-corrected chi connectivity index (χ1v) is 7.26. The van der Waals surface area contributed by atoms with Crippen LogP contribution in [-0.4, -0.2) is 35.8 Å². The zero-order chi connectivity index (χ0) is 14.7. The van der Waals surface area contributed by atoms with Crippen molar-refractivity contribution in [3.05, 3.63) is 29.8 Å². The molecule has 108 valence electrons. The van der Waals surface area contributed by atoms with Gasteiger partial charge in [-0.15, -0.1) is 0 Å². The molecule has 0 saturated carbocycles. The zero-order valence-corrected chi connectivity index (χ0v) is 12.4. The van der Waals surface area contributed by atoms with Crippen molar-refractivity contribution in [1.29, 1.82) is 0 Å². The van der Waals surface area contributed by atoms with Crippen LogP contribution in [0.5, 0.6) is 0 Å². The van der Waals surface area contributed by atoms with E-state index in [0.717, 1.165) is 11.3 Å². The van der Waals surface area contributed by atoms with Crippen LogP contribution in [0.1, 0.15) is 32.3 Å². The van der Waals surface area contributed by atoms with Gasteiger partial charge in [-0.2, -0.15) is 0 Å². The first kappa shape index (κ1) is 14.6. The summed E-state index contributed by atoms with van der Waals surface area (Å²) in [6, 6.07) is 7.44. The van der Waals surface area contributed by atoms with Crippen molar-refractivity contribution in [1.82, 2.24) is 4.90 Å². The van der Waals surface area contributed by atoms with E-state index in [-0.39, 0.29) is 17.9 Å². The second-order valence-electron chi connectivity index (χ2n) is 5.16. The van der Waals surface area contributed by atoms with Crippen molar-refractivity contribution in [3.8, 4) is 0 Å². The van der Waals surface area contributed by atoms with Gasteiger partial charge >= 0.3 is 0 Å². The van der Waals surface area contributed by atoms with E-state index < -0.39 is 0 Å². The molecule has 2 amide bonds. The largest absolute Gasteiger partial charge is 0.341 e. The van der Waals surface area contributed by atoms with Crippen molar-refractivity contribution >= 4 is 17.5 Å². The monoisotopic (exact) mass is 274 g/mol. The van der Waals surface area contributed by atoms with Crippen LogP contribution < -0.4 is 4.90 Å². The number of aryl methyl sites for hydroxylation is 1. The van der Waals surface area contributed by atoms with Gasteiger partial charge in [-0.05, 0) is 39.3 Å². The van der Waals surface area contributed by atoms with E-state index in [1.54, 1.807) is 9.80 Å².